The largest absolute Gasteiger partial charge is 0.340 e. The fraction of sp³-hybridized carbons (Fsp3) is 0.533. The maximum absolute atomic E-state index is 12.1. The van der Waals surface area contributed by atoms with Crippen LogP contribution in [0.2, 0.25) is 0 Å². The fourth-order valence-electron chi connectivity index (χ4n) is 1.94. The van der Waals surface area contributed by atoms with Crippen molar-refractivity contribution >= 4 is 5.91 Å². The highest BCUT2D eigenvalue weighted by molar-refractivity contribution is 5.81. The lowest BCUT2D eigenvalue weighted by atomic mass is 10.0. The fourth-order valence-corrected chi connectivity index (χ4v) is 1.94. The summed E-state index contributed by atoms with van der Waals surface area (Å²) in [6, 6.07) is 7.82. The molecule has 0 fully saturated rings. The van der Waals surface area contributed by atoms with Gasteiger partial charge in [0.2, 0.25) is 5.91 Å². The summed E-state index contributed by atoms with van der Waals surface area (Å²) >= 11 is 0. The maximum atomic E-state index is 12.1. The van der Waals surface area contributed by atoms with Crippen molar-refractivity contribution in [3.8, 4) is 0 Å². The molecule has 0 heterocycles. The molecule has 0 aromatic heterocycles. The number of carbonyl (C=O) groups is 1. The van der Waals surface area contributed by atoms with Gasteiger partial charge >= 0.3 is 0 Å². The van der Waals surface area contributed by atoms with E-state index in [4.69, 9.17) is 5.73 Å². The van der Waals surface area contributed by atoms with Crippen LogP contribution in [0.5, 0.6) is 0 Å². The molecule has 1 aromatic carbocycles. The minimum Gasteiger partial charge on any atom is -0.340 e. The van der Waals surface area contributed by atoms with Gasteiger partial charge in [0.1, 0.15) is 0 Å². The normalized spacial score (nSPS) is 12.6. The Hall–Kier alpha value is -1.35. The van der Waals surface area contributed by atoms with Gasteiger partial charge in [0, 0.05) is 13.6 Å². The van der Waals surface area contributed by atoms with Gasteiger partial charge in [-0.25, -0.2) is 0 Å². The molecule has 1 rings (SSSR count). The van der Waals surface area contributed by atoms with Crippen molar-refractivity contribution in [2.24, 2.45) is 11.7 Å². The van der Waals surface area contributed by atoms with Gasteiger partial charge in [-0.15, -0.1) is 0 Å². The summed E-state index contributed by atoms with van der Waals surface area (Å²) in [7, 11) is 1.81. The van der Waals surface area contributed by atoms with Crippen molar-refractivity contribution in [2.75, 3.05) is 7.05 Å². The van der Waals surface area contributed by atoms with Gasteiger partial charge in [0.05, 0.1) is 6.04 Å². The quantitative estimate of drug-likeness (QED) is 0.869. The monoisotopic (exact) mass is 248 g/mol. The zero-order chi connectivity index (χ0) is 13.7. The van der Waals surface area contributed by atoms with Crippen LogP contribution in [-0.2, 0) is 11.3 Å². The number of amides is 1. The second kappa shape index (κ2) is 6.55. The van der Waals surface area contributed by atoms with Gasteiger partial charge in [-0.2, -0.15) is 0 Å². The number of aryl methyl sites for hydroxylation is 1. The van der Waals surface area contributed by atoms with E-state index in [2.05, 4.69) is 32.9 Å². The highest BCUT2D eigenvalue weighted by Gasteiger charge is 2.18. The predicted octanol–water partition coefficient (Wildman–Crippen LogP) is 2.33. The smallest absolute Gasteiger partial charge is 0.239 e. The van der Waals surface area contributed by atoms with Gasteiger partial charge in [0.25, 0.3) is 0 Å². The lowest BCUT2D eigenvalue weighted by molar-refractivity contribution is -0.132. The van der Waals surface area contributed by atoms with Crippen molar-refractivity contribution in [1.29, 1.82) is 0 Å². The molecule has 2 N–H and O–H groups in total. The number of nitrogens with two attached hydrogens (primary N) is 1. The minimum atomic E-state index is -0.388. The molecule has 0 aliphatic carbocycles. The van der Waals surface area contributed by atoms with Crippen LogP contribution in [0, 0.1) is 12.8 Å². The number of nitrogens with zero attached hydrogens (tertiary/aromatic N) is 1. The summed E-state index contributed by atoms with van der Waals surface area (Å²) in [5.74, 6) is 0.459. The minimum absolute atomic E-state index is 0.0178. The number of hydrogen-bond acceptors (Lipinski definition) is 2. The molecule has 100 valence electrons. The molecular formula is C15H24N2O. The first-order chi connectivity index (χ1) is 8.40. The average molecular weight is 248 g/mol. The summed E-state index contributed by atoms with van der Waals surface area (Å²) in [6.07, 6.45) is 0.733. The van der Waals surface area contributed by atoms with Crippen LogP contribution in [0.4, 0.5) is 0 Å². The zero-order valence-corrected chi connectivity index (χ0v) is 11.8. The Morgan fingerprint density at radius 2 is 1.83 bits per heavy atom. The Bertz CT molecular complexity index is 384. The van der Waals surface area contributed by atoms with Gasteiger partial charge in [-0.05, 0) is 24.8 Å². The number of likely N-dealkylation sites (N-methyl/N-ethyl adjacent to an activating group) is 1. The van der Waals surface area contributed by atoms with E-state index in [1.165, 1.54) is 5.56 Å². The Balaban J connectivity index is 2.56. The van der Waals surface area contributed by atoms with E-state index < -0.39 is 0 Å². The molecule has 3 heteroatoms. The van der Waals surface area contributed by atoms with E-state index >= 15 is 0 Å². The van der Waals surface area contributed by atoms with Crippen molar-refractivity contribution in [1.82, 2.24) is 4.90 Å². The van der Waals surface area contributed by atoms with Crippen LogP contribution in [0.3, 0.4) is 0 Å². The van der Waals surface area contributed by atoms with Gasteiger partial charge in [-0.1, -0.05) is 43.7 Å². The Morgan fingerprint density at radius 1 is 1.28 bits per heavy atom. The Labute approximate surface area is 110 Å². The zero-order valence-electron chi connectivity index (χ0n) is 11.8. The number of hydrogen-bond donors (Lipinski definition) is 1. The Morgan fingerprint density at radius 3 is 2.33 bits per heavy atom. The van der Waals surface area contributed by atoms with Gasteiger partial charge in [-0.3, -0.25) is 4.79 Å². The second-order valence-electron chi connectivity index (χ2n) is 5.42. The topological polar surface area (TPSA) is 46.3 Å². The maximum Gasteiger partial charge on any atom is 0.239 e. The first kappa shape index (κ1) is 14.7. The highest BCUT2D eigenvalue weighted by Crippen LogP contribution is 2.09. The molecule has 0 radical (unpaired) electrons. The summed E-state index contributed by atoms with van der Waals surface area (Å²) in [5.41, 5.74) is 8.26. The standard InChI is InChI=1S/C15H24N2O/c1-11(2)9-14(16)15(18)17(4)10-13-7-5-12(3)6-8-13/h5-8,11,14H,9-10,16H2,1-4H3/t14-/m0/s1. The molecule has 0 saturated heterocycles. The van der Waals surface area contributed by atoms with Crippen molar-refractivity contribution in [3.05, 3.63) is 35.4 Å². The molecule has 1 atom stereocenters. The molecule has 18 heavy (non-hydrogen) atoms. The molecule has 0 spiro atoms. The van der Waals surface area contributed by atoms with Crippen LogP contribution in [0.15, 0.2) is 24.3 Å². The van der Waals surface area contributed by atoms with E-state index in [9.17, 15) is 4.79 Å². The summed E-state index contributed by atoms with van der Waals surface area (Å²) in [5, 5.41) is 0. The van der Waals surface area contributed by atoms with E-state index in [-0.39, 0.29) is 11.9 Å². The Kier molecular flexibility index (Phi) is 5.35. The molecule has 0 bridgehead atoms. The van der Waals surface area contributed by atoms with E-state index in [0.717, 1.165) is 12.0 Å². The van der Waals surface area contributed by atoms with Gasteiger partial charge in [0.15, 0.2) is 0 Å². The first-order valence-corrected chi connectivity index (χ1v) is 6.46. The third-order valence-corrected chi connectivity index (χ3v) is 2.96. The average Bonchev–Trinajstić information content (AvgIpc) is 2.30. The SMILES string of the molecule is Cc1ccc(CN(C)C(=O)[C@@H](N)CC(C)C)cc1. The molecule has 0 aliphatic rings. The molecule has 1 aromatic rings. The summed E-state index contributed by atoms with van der Waals surface area (Å²) in [6.45, 7) is 6.82. The number of benzene rings is 1. The predicted molar refractivity (Wildman–Crippen MR) is 75.1 cm³/mol. The van der Waals surface area contributed by atoms with Crippen LogP contribution >= 0.6 is 0 Å². The lowest BCUT2D eigenvalue weighted by Gasteiger charge is -2.22. The molecule has 3 nitrogen and oxygen atoms in total. The van der Waals surface area contributed by atoms with E-state index in [0.29, 0.717) is 12.5 Å². The third-order valence-electron chi connectivity index (χ3n) is 2.96. The third kappa shape index (κ3) is 4.49. The van der Waals surface area contributed by atoms with Gasteiger partial charge < -0.3 is 10.6 Å². The number of rotatable bonds is 5. The number of carbonyl (C=O) groups excluding carboxylic acids is 1. The molecule has 1 amide bonds. The van der Waals surface area contributed by atoms with Crippen molar-refractivity contribution in [3.63, 3.8) is 0 Å². The first-order valence-electron chi connectivity index (χ1n) is 6.46. The lowest BCUT2D eigenvalue weighted by Crippen LogP contribution is -2.42. The summed E-state index contributed by atoms with van der Waals surface area (Å²) < 4.78 is 0. The van der Waals surface area contributed by atoms with Crippen LogP contribution < -0.4 is 5.73 Å². The van der Waals surface area contributed by atoms with Crippen LogP contribution in [-0.4, -0.2) is 23.9 Å². The second-order valence-corrected chi connectivity index (χ2v) is 5.42. The molecular weight excluding hydrogens is 224 g/mol. The summed E-state index contributed by atoms with van der Waals surface area (Å²) in [4.78, 5) is 13.8. The van der Waals surface area contributed by atoms with Crippen molar-refractivity contribution in [2.45, 2.75) is 39.8 Å². The highest BCUT2D eigenvalue weighted by atomic mass is 16.2. The van der Waals surface area contributed by atoms with E-state index in [1.54, 1.807) is 4.90 Å². The molecule has 0 saturated carbocycles. The molecule has 0 aliphatic heterocycles. The van der Waals surface area contributed by atoms with E-state index in [1.807, 2.05) is 19.2 Å². The molecule has 0 unspecified atom stereocenters. The van der Waals surface area contributed by atoms with Crippen molar-refractivity contribution < 1.29 is 4.79 Å². The van der Waals surface area contributed by atoms with Crippen LogP contribution in [0.1, 0.15) is 31.4 Å². The van der Waals surface area contributed by atoms with Crippen LogP contribution in [0.25, 0.3) is 0 Å².